The molecule has 1 amide bonds. The number of pyridine rings is 1. The highest BCUT2D eigenvalue weighted by molar-refractivity contribution is 7.17. The lowest BCUT2D eigenvalue weighted by Gasteiger charge is -2.33. The Morgan fingerprint density at radius 1 is 1.00 bits per heavy atom. The first-order chi connectivity index (χ1) is 20.0. The van der Waals surface area contributed by atoms with Crippen molar-refractivity contribution in [1.29, 1.82) is 0 Å². The number of alkyl halides is 3. The topological polar surface area (TPSA) is 85.4 Å². The van der Waals surface area contributed by atoms with Crippen LogP contribution in [0.3, 0.4) is 0 Å². The number of rotatable bonds is 8. The number of likely N-dealkylation sites (N-methyl/N-ethyl adjacent to an activating group) is 1. The van der Waals surface area contributed by atoms with Gasteiger partial charge >= 0.3 is 6.18 Å². The molecule has 220 valence electrons. The van der Waals surface area contributed by atoms with Gasteiger partial charge in [-0.05, 0) is 49.9 Å². The maximum Gasteiger partial charge on any atom is 0.416 e. The Morgan fingerprint density at radius 3 is 2.50 bits per heavy atom. The fourth-order valence-electron chi connectivity index (χ4n) is 4.57. The molecule has 0 radical (unpaired) electrons. The fraction of sp³-hybridized carbons (Fsp3) is 0.276. The van der Waals surface area contributed by atoms with Crippen molar-refractivity contribution in [3.05, 3.63) is 88.3 Å². The van der Waals surface area contributed by atoms with Crippen LogP contribution in [-0.2, 0) is 12.7 Å². The summed E-state index contributed by atoms with van der Waals surface area (Å²) in [5.74, 6) is -0.679. The Kier molecular flexibility index (Phi) is 8.71. The van der Waals surface area contributed by atoms with E-state index in [-0.39, 0.29) is 22.7 Å². The Hall–Kier alpha value is -4.07. The lowest BCUT2D eigenvalue weighted by atomic mass is 10.0. The highest BCUT2D eigenvalue weighted by Crippen LogP contribution is 2.35. The van der Waals surface area contributed by atoms with Gasteiger partial charge in [-0.3, -0.25) is 9.69 Å². The molecule has 2 aromatic carbocycles. The Morgan fingerprint density at radius 2 is 1.76 bits per heavy atom. The van der Waals surface area contributed by atoms with Gasteiger partial charge in [0.1, 0.15) is 16.5 Å². The maximum absolute atomic E-state index is 14.0. The summed E-state index contributed by atoms with van der Waals surface area (Å²) in [5.41, 5.74) is 1.06. The lowest BCUT2D eigenvalue weighted by Crippen LogP contribution is -2.44. The number of carbonyl (C=O) groups excluding carboxylic acids is 1. The number of hydrogen-bond donors (Lipinski definition) is 3. The van der Waals surface area contributed by atoms with Crippen LogP contribution in [0.5, 0.6) is 0 Å². The summed E-state index contributed by atoms with van der Waals surface area (Å²) < 4.78 is 56.0. The number of para-hydroxylation sites is 1. The molecule has 0 aliphatic carbocycles. The van der Waals surface area contributed by atoms with Crippen LogP contribution in [0.25, 0.3) is 0 Å². The summed E-state index contributed by atoms with van der Waals surface area (Å²) in [7, 11) is 2.00. The number of carbonyl (C=O) groups is 1. The molecule has 0 spiro atoms. The van der Waals surface area contributed by atoms with Crippen LogP contribution < -0.4 is 16.0 Å². The van der Waals surface area contributed by atoms with Crippen molar-refractivity contribution >= 4 is 45.3 Å². The van der Waals surface area contributed by atoms with Crippen LogP contribution >= 0.6 is 11.3 Å². The van der Waals surface area contributed by atoms with Crippen molar-refractivity contribution in [2.45, 2.75) is 19.6 Å². The smallest absolute Gasteiger partial charge is 0.355 e. The number of nitrogens with one attached hydrogen (secondary N) is 3. The van der Waals surface area contributed by atoms with E-state index >= 15 is 0 Å². The fourth-order valence-corrected chi connectivity index (χ4v) is 5.29. The van der Waals surface area contributed by atoms with E-state index in [0.717, 1.165) is 43.6 Å². The third kappa shape index (κ3) is 7.41. The van der Waals surface area contributed by atoms with Crippen molar-refractivity contribution in [1.82, 2.24) is 19.8 Å². The average Bonchev–Trinajstić information content (AvgIpc) is 3.40. The predicted molar refractivity (Wildman–Crippen MR) is 156 cm³/mol. The number of amides is 1. The van der Waals surface area contributed by atoms with Gasteiger partial charge in [0.2, 0.25) is 0 Å². The number of piperazine rings is 1. The van der Waals surface area contributed by atoms with E-state index in [9.17, 15) is 22.4 Å². The summed E-state index contributed by atoms with van der Waals surface area (Å²) in [6.07, 6.45) is -3.14. The van der Waals surface area contributed by atoms with Gasteiger partial charge in [0.25, 0.3) is 5.91 Å². The van der Waals surface area contributed by atoms with Gasteiger partial charge < -0.3 is 20.9 Å². The molecule has 8 nitrogen and oxygen atoms in total. The molecule has 1 fully saturated rings. The number of hydrogen-bond acceptors (Lipinski definition) is 8. The van der Waals surface area contributed by atoms with E-state index in [1.807, 2.05) is 11.9 Å². The molecule has 3 heterocycles. The molecule has 1 saturated heterocycles. The highest BCUT2D eigenvalue weighted by Gasteiger charge is 2.34. The Balaban J connectivity index is 1.29. The van der Waals surface area contributed by atoms with Gasteiger partial charge in [0, 0.05) is 55.9 Å². The SMILES string of the molecule is Cc1cc(Nc2ccc(CN3CCN(C)CC3)c(C(F)(F)F)c2)cc(Nc2ncc(C(=O)Nc3ccccc3F)s2)n1. The predicted octanol–water partition coefficient (Wildman–Crippen LogP) is 6.49. The molecule has 3 N–H and O–H groups in total. The van der Waals surface area contributed by atoms with E-state index in [4.69, 9.17) is 0 Å². The van der Waals surface area contributed by atoms with E-state index < -0.39 is 23.5 Å². The molecule has 5 rings (SSSR count). The molecule has 1 aliphatic heterocycles. The first-order valence-corrected chi connectivity index (χ1v) is 14.0. The molecule has 1 aliphatic rings. The second kappa shape index (κ2) is 12.4. The van der Waals surface area contributed by atoms with Crippen LogP contribution in [0.15, 0.2) is 60.8 Å². The van der Waals surface area contributed by atoms with Gasteiger partial charge in [-0.15, -0.1) is 0 Å². The second-order valence-corrected chi connectivity index (χ2v) is 11.1. The molecule has 0 atom stereocenters. The van der Waals surface area contributed by atoms with Gasteiger partial charge in [-0.25, -0.2) is 14.4 Å². The van der Waals surface area contributed by atoms with E-state index in [1.54, 1.807) is 31.2 Å². The Labute approximate surface area is 244 Å². The van der Waals surface area contributed by atoms with Gasteiger partial charge in [0.15, 0.2) is 5.13 Å². The summed E-state index contributed by atoms with van der Waals surface area (Å²) >= 11 is 1.05. The summed E-state index contributed by atoms with van der Waals surface area (Å²) in [5, 5.41) is 8.96. The minimum Gasteiger partial charge on any atom is -0.355 e. The van der Waals surface area contributed by atoms with Gasteiger partial charge in [-0.1, -0.05) is 29.5 Å². The highest BCUT2D eigenvalue weighted by atomic mass is 32.1. The molecule has 2 aromatic heterocycles. The van der Waals surface area contributed by atoms with Crippen molar-refractivity contribution < 1.29 is 22.4 Å². The molecule has 13 heteroatoms. The zero-order valence-electron chi connectivity index (χ0n) is 22.9. The number of benzene rings is 2. The molecule has 0 saturated carbocycles. The van der Waals surface area contributed by atoms with Crippen LogP contribution in [0.2, 0.25) is 0 Å². The average molecular weight is 600 g/mol. The van der Waals surface area contributed by atoms with Crippen LogP contribution in [0.1, 0.15) is 26.5 Å². The van der Waals surface area contributed by atoms with Crippen molar-refractivity contribution in [2.75, 3.05) is 49.2 Å². The van der Waals surface area contributed by atoms with Crippen LogP contribution in [-0.4, -0.2) is 58.9 Å². The number of anilines is 5. The first kappa shape index (κ1) is 29.4. The molecular weight excluding hydrogens is 570 g/mol. The lowest BCUT2D eigenvalue weighted by molar-refractivity contribution is -0.138. The van der Waals surface area contributed by atoms with Crippen molar-refractivity contribution in [3.8, 4) is 0 Å². The number of halogens is 4. The van der Waals surface area contributed by atoms with E-state index in [1.165, 1.54) is 30.5 Å². The second-order valence-electron chi connectivity index (χ2n) is 10.0. The van der Waals surface area contributed by atoms with Crippen LogP contribution in [0, 0.1) is 12.7 Å². The Bertz CT molecular complexity index is 1570. The molecule has 0 bridgehead atoms. The van der Waals surface area contributed by atoms with E-state index in [2.05, 4.69) is 30.8 Å². The summed E-state index contributed by atoms with van der Waals surface area (Å²) in [6, 6.07) is 13.5. The largest absolute Gasteiger partial charge is 0.416 e. The van der Waals surface area contributed by atoms with Crippen LogP contribution in [0.4, 0.5) is 45.6 Å². The van der Waals surface area contributed by atoms with Gasteiger partial charge in [0.05, 0.1) is 17.4 Å². The monoisotopic (exact) mass is 599 g/mol. The van der Waals surface area contributed by atoms with Crippen molar-refractivity contribution in [3.63, 3.8) is 0 Å². The van der Waals surface area contributed by atoms with Gasteiger partial charge in [-0.2, -0.15) is 13.2 Å². The third-order valence-electron chi connectivity index (χ3n) is 6.73. The molecule has 4 aromatic rings. The normalized spacial score (nSPS) is 14.5. The number of thiazole rings is 1. The zero-order chi connectivity index (χ0) is 29.9. The summed E-state index contributed by atoms with van der Waals surface area (Å²) in [4.78, 5) is 25.6. The summed E-state index contributed by atoms with van der Waals surface area (Å²) in [6.45, 7) is 5.07. The molecule has 42 heavy (non-hydrogen) atoms. The minimum absolute atomic E-state index is 0.0579. The third-order valence-corrected chi connectivity index (χ3v) is 7.65. The van der Waals surface area contributed by atoms with Crippen molar-refractivity contribution in [2.24, 2.45) is 0 Å². The van der Waals surface area contributed by atoms with E-state index in [0.29, 0.717) is 28.0 Å². The molecule has 0 unspecified atom stereocenters. The number of nitrogens with zero attached hydrogens (tertiary/aromatic N) is 4. The standard InChI is InChI=1S/C29H29F4N7OS/c1-18-13-21(36-20-8-7-19(22(14-20)29(31,32)33)17-40-11-9-39(2)10-12-40)15-26(35-18)38-28-34-16-25(42-28)27(41)37-24-6-4-3-5-23(24)30/h3-8,13-16H,9-12,17H2,1-2H3,(H,37,41)(H2,34,35,36,38). The number of aryl methyl sites for hydroxylation is 1. The quantitative estimate of drug-likeness (QED) is 0.200. The zero-order valence-corrected chi connectivity index (χ0v) is 23.7. The first-order valence-electron chi connectivity index (χ1n) is 13.2. The number of aromatic nitrogens is 2. The molecular formula is C29H29F4N7OS. The minimum atomic E-state index is -4.50. The maximum atomic E-state index is 14.0.